The van der Waals surface area contributed by atoms with Crippen LogP contribution in [0.5, 0.6) is 0 Å². The fraction of sp³-hybridized carbons (Fsp3) is 0.818. The van der Waals surface area contributed by atoms with Crippen molar-refractivity contribution in [1.29, 1.82) is 0 Å². The van der Waals surface area contributed by atoms with Crippen LogP contribution < -0.4 is 0 Å². The molecule has 0 fully saturated rings. The molecule has 0 bridgehead atoms. The largest absolute Gasteiger partial charge is 0.465 e. The van der Waals surface area contributed by atoms with Gasteiger partial charge in [-0.2, -0.15) is 0 Å². The van der Waals surface area contributed by atoms with Crippen LogP contribution in [0, 0.1) is 5.41 Å². The molecule has 8 heteroatoms. The second-order valence-electron chi connectivity index (χ2n) is 11.3. The molecule has 0 aliphatic carbocycles. The lowest BCUT2D eigenvalue weighted by Gasteiger charge is -2.31. The van der Waals surface area contributed by atoms with Crippen molar-refractivity contribution in [3.63, 3.8) is 0 Å². The third-order valence-corrected chi connectivity index (χ3v) is 6.93. The van der Waals surface area contributed by atoms with Crippen molar-refractivity contribution in [1.82, 2.24) is 0 Å². The van der Waals surface area contributed by atoms with Gasteiger partial charge in [-0.1, -0.05) is 104 Å². The third-order valence-electron chi connectivity index (χ3n) is 6.93. The zero-order chi connectivity index (χ0) is 30.8. The third kappa shape index (κ3) is 22.0. The molecule has 238 valence electrons. The van der Waals surface area contributed by atoms with Crippen molar-refractivity contribution in [3.05, 3.63) is 12.2 Å². The lowest BCUT2D eigenvalue weighted by molar-refractivity contribution is -0.169. The summed E-state index contributed by atoms with van der Waals surface area (Å²) < 4.78 is 22.2. The minimum absolute atomic E-state index is 0.205. The first-order chi connectivity index (χ1) is 19.7. The second kappa shape index (κ2) is 25.3. The molecule has 0 N–H and O–H groups in total. The van der Waals surface area contributed by atoms with Gasteiger partial charge in [0.2, 0.25) is 0 Å². The van der Waals surface area contributed by atoms with Crippen LogP contribution in [0.3, 0.4) is 0 Å². The maximum atomic E-state index is 12.5. The molecule has 41 heavy (non-hydrogen) atoms. The van der Waals surface area contributed by atoms with Crippen molar-refractivity contribution in [2.24, 2.45) is 5.41 Å². The Kier molecular flexibility index (Phi) is 23.9. The Hall–Kier alpha value is -2.38. The number of carbonyl (C=O) groups is 4. The minimum atomic E-state index is -1.22. The highest BCUT2D eigenvalue weighted by Crippen LogP contribution is 2.23. The Morgan fingerprint density at radius 2 is 0.780 bits per heavy atom. The van der Waals surface area contributed by atoms with E-state index in [4.69, 9.17) is 18.9 Å². The number of esters is 4. The maximum absolute atomic E-state index is 12.5. The average Bonchev–Trinajstić information content (AvgIpc) is 2.95. The molecule has 0 amide bonds. The molecule has 0 saturated heterocycles. The highest BCUT2D eigenvalue weighted by Gasteiger charge is 2.38. The van der Waals surface area contributed by atoms with Gasteiger partial charge in [-0.05, 0) is 26.2 Å². The first kappa shape index (κ1) is 38.6. The summed E-state index contributed by atoms with van der Waals surface area (Å²) >= 11 is 0. The number of unbranched alkanes of at least 4 members (excludes halogenated alkanes) is 12. The van der Waals surface area contributed by atoms with Crippen LogP contribution >= 0.6 is 0 Å². The van der Waals surface area contributed by atoms with E-state index in [9.17, 15) is 19.2 Å². The Bertz CT molecular complexity index is 671. The quantitative estimate of drug-likeness (QED) is 0.0418. The first-order valence-electron chi connectivity index (χ1n) is 16.0. The summed E-state index contributed by atoms with van der Waals surface area (Å²) in [6, 6.07) is 0. The van der Waals surface area contributed by atoms with Crippen molar-refractivity contribution in [3.8, 4) is 0 Å². The number of ether oxygens (including phenoxy) is 4. The minimum Gasteiger partial charge on any atom is -0.465 e. The van der Waals surface area contributed by atoms with Gasteiger partial charge in [0.25, 0.3) is 0 Å². The van der Waals surface area contributed by atoms with Crippen LogP contribution in [0.2, 0.25) is 0 Å². The first-order valence-corrected chi connectivity index (χ1v) is 16.0. The van der Waals surface area contributed by atoms with Gasteiger partial charge in [0.05, 0.1) is 0 Å². The Morgan fingerprint density at radius 1 is 0.488 bits per heavy atom. The predicted octanol–water partition coefficient (Wildman–Crippen LogP) is 7.80. The lowest BCUT2D eigenvalue weighted by Crippen LogP contribution is -2.44. The summed E-state index contributed by atoms with van der Waals surface area (Å²) in [7, 11) is 0. The number of carbonyl (C=O) groups excluding carboxylic acids is 4. The van der Waals surface area contributed by atoms with Gasteiger partial charge in [-0.3, -0.25) is 14.4 Å². The number of hydrogen-bond donors (Lipinski definition) is 0. The van der Waals surface area contributed by atoms with E-state index in [2.05, 4.69) is 27.4 Å². The van der Waals surface area contributed by atoms with Crippen LogP contribution in [0.25, 0.3) is 0 Å². The number of hydrogen-bond acceptors (Lipinski definition) is 8. The smallest absolute Gasteiger partial charge is 0.333 e. The topological polar surface area (TPSA) is 105 Å². The molecule has 0 aliphatic rings. The molecule has 0 aromatic heterocycles. The molecule has 0 aromatic rings. The fourth-order valence-electron chi connectivity index (χ4n) is 4.13. The van der Waals surface area contributed by atoms with Gasteiger partial charge in [-0.15, -0.1) is 0 Å². The molecular weight excluding hydrogens is 524 g/mol. The van der Waals surface area contributed by atoms with Crippen molar-refractivity contribution in [2.75, 3.05) is 26.4 Å². The van der Waals surface area contributed by atoms with E-state index >= 15 is 0 Å². The highest BCUT2D eigenvalue weighted by molar-refractivity contribution is 5.86. The van der Waals surface area contributed by atoms with E-state index in [0.717, 1.165) is 96.3 Å². The second-order valence-corrected chi connectivity index (χ2v) is 11.3. The van der Waals surface area contributed by atoms with E-state index in [1.54, 1.807) is 0 Å². The SMILES string of the molecule is C=C(C)C(=O)OCC(COC(=O)CCCCCCC)(COC(=O)CCCCCCC)COC(=O)CCCCCCC. The van der Waals surface area contributed by atoms with E-state index in [-0.39, 0.29) is 69.2 Å². The average molecular weight is 583 g/mol. The fourth-order valence-corrected chi connectivity index (χ4v) is 4.13. The number of rotatable bonds is 27. The summed E-state index contributed by atoms with van der Waals surface area (Å²) in [6.07, 6.45) is 15.7. The Morgan fingerprint density at radius 3 is 1.07 bits per heavy atom. The molecule has 0 radical (unpaired) electrons. The van der Waals surface area contributed by atoms with Crippen LogP contribution in [-0.2, 0) is 38.1 Å². The van der Waals surface area contributed by atoms with E-state index < -0.39 is 11.4 Å². The summed E-state index contributed by atoms with van der Waals surface area (Å²) in [6.45, 7) is 10.7. The molecule has 0 rings (SSSR count). The summed E-state index contributed by atoms with van der Waals surface area (Å²) in [5, 5.41) is 0. The zero-order valence-electron chi connectivity index (χ0n) is 26.5. The van der Waals surface area contributed by atoms with E-state index in [0.29, 0.717) is 0 Å². The predicted molar refractivity (Wildman–Crippen MR) is 161 cm³/mol. The normalized spacial score (nSPS) is 11.1. The molecule has 0 heterocycles. The Labute approximate surface area is 249 Å². The van der Waals surface area contributed by atoms with Gasteiger partial charge in [0.15, 0.2) is 0 Å². The highest BCUT2D eigenvalue weighted by atomic mass is 16.6. The van der Waals surface area contributed by atoms with Crippen LogP contribution in [0.1, 0.15) is 143 Å². The molecule has 0 saturated carbocycles. The van der Waals surface area contributed by atoms with Crippen LogP contribution in [-0.4, -0.2) is 50.3 Å². The standard InChI is InChI=1S/C33H58O8/c1-6-9-12-15-18-21-29(34)38-24-33(27-41-32(37)28(4)5,25-39-30(35)22-19-16-13-10-7-2)26-40-31(36)23-20-17-14-11-8-3/h4,6-27H2,1-3,5H3. The van der Waals surface area contributed by atoms with E-state index in [1.807, 2.05) is 0 Å². The summed E-state index contributed by atoms with van der Waals surface area (Å²) in [5.41, 5.74) is -1.02. The molecule has 0 atom stereocenters. The van der Waals surface area contributed by atoms with Gasteiger partial charge in [0.1, 0.15) is 31.8 Å². The van der Waals surface area contributed by atoms with E-state index in [1.165, 1.54) is 6.92 Å². The molecule has 8 nitrogen and oxygen atoms in total. The summed E-state index contributed by atoms with van der Waals surface area (Å²) in [5.74, 6) is -1.79. The van der Waals surface area contributed by atoms with Gasteiger partial charge in [0, 0.05) is 24.8 Å². The van der Waals surface area contributed by atoms with Gasteiger partial charge < -0.3 is 18.9 Å². The van der Waals surface area contributed by atoms with Crippen molar-refractivity contribution >= 4 is 23.9 Å². The molecule has 0 aliphatic heterocycles. The van der Waals surface area contributed by atoms with Crippen molar-refractivity contribution < 1.29 is 38.1 Å². The lowest BCUT2D eigenvalue weighted by atomic mass is 9.92. The maximum Gasteiger partial charge on any atom is 0.333 e. The monoisotopic (exact) mass is 582 g/mol. The van der Waals surface area contributed by atoms with Crippen molar-refractivity contribution in [2.45, 2.75) is 143 Å². The summed E-state index contributed by atoms with van der Waals surface area (Å²) in [4.78, 5) is 49.9. The molecule has 0 aromatic carbocycles. The zero-order valence-corrected chi connectivity index (χ0v) is 26.5. The Balaban J connectivity index is 5.39. The van der Waals surface area contributed by atoms with Crippen LogP contribution in [0.4, 0.5) is 0 Å². The molecular formula is C33H58O8. The van der Waals surface area contributed by atoms with Gasteiger partial charge in [-0.25, -0.2) is 4.79 Å². The van der Waals surface area contributed by atoms with Gasteiger partial charge >= 0.3 is 23.9 Å². The molecule has 0 spiro atoms. The molecule has 0 unspecified atom stereocenters. The van der Waals surface area contributed by atoms with Crippen LogP contribution in [0.15, 0.2) is 12.2 Å².